The lowest BCUT2D eigenvalue weighted by Crippen LogP contribution is -2.22. The molecule has 6 nitrogen and oxygen atoms in total. The van der Waals surface area contributed by atoms with Crippen LogP contribution in [0.1, 0.15) is 72.2 Å². The lowest BCUT2D eigenvalue weighted by Gasteiger charge is -2.09. The molecule has 31 heavy (non-hydrogen) atoms. The maximum Gasteiger partial charge on any atom is 0.306 e. The number of anilines is 1. The van der Waals surface area contributed by atoms with E-state index in [9.17, 15) is 19.2 Å². The highest BCUT2D eigenvalue weighted by Crippen LogP contribution is 2.15. The van der Waals surface area contributed by atoms with Crippen LogP contribution in [0, 0.1) is 0 Å². The molecule has 0 aliphatic heterocycles. The average molecular weight is 424 g/mol. The number of hydrogen-bond donors (Lipinski definition) is 1. The molecule has 0 atom stereocenters. The van der Waals surface area contributed by atoms with Crippen molar-refractivity contribution in [2.45, 2.75) is 52.4 Å². The van der Waals surface area contributed by atoms with Gasteiger partial charge in [0.1, 0.15) is 0 Å². The number of Topliss-reactive ketones (excluding diaryl/α,β-unsaturated/α-hetero) is 2. The summed E-state index contributed by atoms with van der Waals surface area (Å²) in [5.41, 5.74) is 2.50. The van der Waals surface area contributed by atoms with E-state index in [4.69, 9.17) is 4.74 Å². The zero-order chi connectivity index (χ0) is 22.6. The van der Waals surface area contributed by atoms with Gasteiger partial charge in [0.2, 0.25) is 0 Å². The SMILES string of the molecule is CCCCCc1ccc(C(=O)CCC(=O)OCC(=O)Nc2ccccc2C(C)=O)cc1. The molecule has 0 unspecified atom stereocenters. The molecule has 0 radical (unpaired) electrons. The molecule has 0 bridgehead atoms. The summed E-state index contributed by atoms with van der Waals surface area (Å²) in [6, 6.07) is 14.1. The van der Waals surface area contributed by atoms with Gasteiger partial charge in [0, 0.05) is 17.5 Å². The molecule has 2 aromatic rings. The quantitative estimate of drug-likeness (QED) is 0.302. The largest absolute Gasteiger partial charge is 0.456 e. The van der Waals surface area contributed by atoms with Gasteiger partial charge in [-0.05, 0) is 37.5 Å². The predicted octanol–water partition coefficient (Wildman–Crippen LogP) is 4.77. The Morgan fingerprint density at radius 3 is 2.29 bits per heavy atom. The summed E-state index contributed by atoms with van der Waals surface area (Å²) in [6.45, 7) is 3.08. The fourth-order valence-electron chi connectivity index (χ4n) is 3.10. The summed E-state index contributed by atoms with van der Waals surface area (Å²) >= 11 is 0. The van der Waals surface area contributed by atoms with E-state index in [-0.39, 0.29) is 24.4 Å². The normalized spacial score (nSPS) is 10.4. The van der Waals surface area contributed by atoms with E-state index in [1.54, 1.807) is 36.4 Å². The van der Waals surface area contributed by atoms with Crippen LogP contribution in [0.3, 0.4) is 0 Å². The van der Waals surface area contributed by atoms with Crippen molar-refractivity contribution in [1.29, 1.82) is 0 Å². The van der Waals surface area contributed by atoms with Crippen LogP contribution in [-0.4, -0.2) is 30.0 Å². The standard InChI is InChI=1S/C25H29NO5/c1-3-4-5-8-19-11-13-20(14-12-19)23(28)15-16-25(30)31-17-24(29)26-22-10-7-6-9-21(22)18(2)27/h6-7,9-14H,3-5,8,15-17H2,1-2H3,(H,26,29). The van der Waals surface area contributed by atoms with E-state index in [1.807, 2.05) is 12.1 Å². The van der Waals surface area contributed by atoms with Crippen LogP contribution >= 0.6 is 0 Å². The van der Waals surface area contributed by atoms with Crippen LogP contribution in [0.4, 0.5) is 5.69 Å². The van der Waals surface area contributed by atoms with Crippen molar-refractivity contribution < 1.29 is 23.9 Å². The second kappa shape index (κ2) is 12.4. The number of aryl methyl sites for hydroxylation is 1. The summed E-state index contributed by atoms with van der Waals surface area (Å²) in [5, 5.41) is 2.56. The molecular weight excluding hydrogens is 394 g/mol. The predicted molar refractivity (Wildman–Crippen MR) is 119 cm³/mol. The fourth-order valence-corrected chi connectivity index (χ4v) is 3.10. The number of amides is 1. The number of benzene rings is 2. The number of esters is 1. The lowest BCUT2D eigenvalue weighted by atomic mass is 10.0. The van der Waals surface area contributed by atoms with E-state index >= 15 is 0 Å². The smallest absolute Gasteiger partial charge is 0.306 e. The molecular formula is C25H29NO5. The molecule has 6 heteroatoms. The second-order valence-corrected chi connectivity index (χ2v) is 7.39. The summed E-state index contributed by atoms with van der Waals surface area (Å²) in [4.78, 5) is 47.8. The maximum absolute atomic E-state index is 12.3. The van der Waals surface area contributed by atoms with Crippen molar-refractivity contribution in [2.75, 3.05) is 11.9 Å². The minimum absolute atomic E-state index is 0.0167. The van der Waals surface area contributed by atoms with Crippen molar-refractivity contribution in [3.8, 4) is 0 Å². The summed E-state index contributed by atoms with van der Waals surface area (Å²) in [7, 11) is 0. The second-order valence-electron chi connectivity index (χ2n) is 7.39. The third-order valence-corrected chi connectivity index (χ3v) is 4.85. The molecule has 2 aromatic carbocycles. The highest BCUT2D eigenvalue weighted by Gasteiger charge is 2.14. The molecule has 1 N–H and O–H groups in total. The van der Waals surface area contributed by atoms with Gasteiger partial charge in [-0.15, -0.1) is 0 Å². The molecule has 1 amide bonds. The monoisotopic (exact) mass is 423 g/mol. The minimum atomic E-state index is -0.625. The summed E-state index contributed by atoms with van der Waals surface area (Å²) < 4.78 is 4.95. The third kappa shape index (κ3) is 8.16. The molecule has 0 saturated heterocycles. The van der Waals surface area contributed by atoms with Crippen molar-refractivity contribution in [2.24, 2.45) is 0 Å². The van der Waals surface area contributed by atoms with Crippen molar-refractivity contribution in [3.63, 3.8) is 0 Å². The molecule has 0 heterocycles. The van der Waals surface area contributed by atoms with Crippen LogP contribution in [0.2, 0.25) is 0 Å². The van der Waals surface area contributed by atoms with Gasteiger partial charge in [0.25, 0.3) is 5.91 Å². The molecule has 2 rings (SSSR count). The molecule has 0 aliphatic carbocycles. The van der Waals surface area contributed by atoms with Crippen molar-refractivity contribution in [1.82, 2.24) is 0 Å². The van der Waals surface area contributed by atoms with Gasteiger partial charge < -0.3 is 10.1 Å². The molecule has 0 spiro atoms. The zero-order valence-electron chi connectivity index (χ0n) is 18.1. The van der Waals surface area contributed by atoms with E-state index in [0.717, 1.165) is 12.8 Å². The number of unbranched alkanes of at least 4 members (excludes halogenated alkanes) is 2. The first-order valence-electron chi connectivity index (χ1n) is 10.6. The lowest BCUT2D eigenvalue weighted by molar-refractivity contribution is -0.147. The Kier molecular flexibility index (Phi) is 9.62. The summed E-state index contributed by atoms with van der Waals surface area (Å²) in [5.74, 6) is -1.50. The highest BCUT2D eigenvalue weighted by atomic mass is 16.5. The Bertz CT molecular complexity index is 918. The van der Waals surface area contributed by atoms with Gasteiger partial charge in [0.15, 0.2) is 18.2 Å². The van der Waals surface area contributed by atoms with Crippen LogP contribution in [-0.2, 0) is 20.7 Å². The molecule has 0 aromatic heterocycles. The molecule has 0 aliphatic rings. The van der Waals surface area contributed by atoms with E-state index in [1.165, 1.54) is 25.3 Å². The van der Waals surface area contributed by atoms with Gasteiger partial charge in [-0.3, -0.25) is 19.2 Å². The molecule has 164 valence electrons. The first-order valence-corrected chi connectivity index (χ1v) is 10.6. The number of para-hydroxylation sites is 1. The van der Waals surface area contributed by atoms with Crippen LogP contribution in [0.15, 0.2) is 48.5 Å². The van der Waals surface area contributed by atoms with Gasteiger partial charge in [-0.1, -0.05) is 56.2 Å². The number of rotatable bonds is 12. The van der Waals surface area contributed by atoms with Crippen LogP contribution in [0.25, 0.3) is 0 Å². The Morgan fingerprint density at radius 1 is 0.903 bits per heavy atom. The highest BCUT2D eigenvalue weighted by molar-refractivity contribution is 6.04. The first kappa shape index (κ1) is 24.0. The first-order chi connectivity index (χ1) is 14.9. The Labute approximate surface area is 183 Å². The van der Waals surface area contributed by atoms with Gasteiger partial charge in [-0.2, -0.15) is 0 Å². The van der Waals surface area contributed by atoms with Crippen LogP contribution < -0.4 is 5.32 Å². The molecule has 0 saturated carbocycles. The van der Waals surface area contributed by atoms with Gasteiger partial charge in [0.05, 0.1) is 12.1 Å². The van der Waals surface area contributed by atoms with Crippen molar-refractivity contribution >= 4 is 29.1 Å². The van der Waals surface area contributed by atoms with Crippen molar-refractivity contribution in [3.05, 3.63) is 65.2 Å². The van der Waals surface area contributed by atoms with Crippen LogP contribution in [0.5, 0.6) is 0 Å². The topological polar surface area (TPSA) is 89.5 Å². The average Bonchev–Trinajstić information content (AvgIpc) is 2.77. The number of nitrogens with one attached hydrogen (secondary N) is 1. The Balaban J connectivity index is 1.74. The zero-order valence-corrected chi connectivity index (χ0v) is 18.1. The van der Waals surface area contributed by atoms with E-state index in [2.05, 4.69) is 12.2 Å². The van der Waals surface area contributed by atoms with E-state index < -0.39 is 18.5 Å². The Morgan fingerprint density at radius 2 is 1.61 bits per heavy atom. The number of hydrogen-bond acceptors (Lipinski definition) is 5. The fraction of sp³-hybridized carbons (Fsp3) is 0.360. The molecule has 0 fully saturated rings. The maximum atomic E-state index is 12.3. The number of ether oxygens (including phenoxy) is 1. The number of ketones is 2. The van der Waals surface area contributed by atoms with Gasteiger partial charge >= 0.3 is 5.97 Å². The van der Waals surface area contributed by atoms with Gasteiger partial charge in [-0.25, -0.2) is 0 Å². The number of carbonyl (C=O) groups is 4. The third-order valence-electron chi connectivity index (χ3n) is 4.85. The Hall–Kier alpha value is -3.28. The number of carbonyl (C=O) groups excluding carboxylic acids is 4. The minimum Gasteiger partial charge on any atom is -0.456 e. The van der Waals surface area contributed by atoms with E-state index in [0.29, 0.717) is 16.8 Å². The summed E-state index contributed by atoms with van der Waals surface area (Å²) in [6.07, 6.45) is 4.39.